The molecule has 66 valence electrons. The number of aliphatic carboxylic acids is 1. The van der Waals surface area contributed by atoms with Crippen molar-refractivity contribution in [2.75, 3.05) is 0 Å². The Bertz CT molecular complexity index is 285. The van der Waals surface area contributed by atoms with Crippen molar-refractivity contribution in [3.63, 3.8) is 0 Å². The number of hydrogen-bond donors (Lipinski definition) is 2. The number of thiol groups is 1. The van der Waals surface area contributed by atoms with Gasteiger partial charge in [-0.15, -0.1) is 0 Å². The van der Waals surface area contributed by atoms with Gasteiger partial charge in [-0.1, -0.05) is 0 Å². The summed E-state index contributed by atoms with van der Waals surface area (Å²) in [6.45, 7) is 0. The zero-order valence-electron chi connectivity index (χ0n) is 6.64. The standard InChI is InChI=1S/C7H10N2O2S/c1-9-4-5(3-8-9)2-6(12)7(10)11/h3-4,6,12H,2H2,1H3,(H,10,11). The smallest absolute Gasteiger partial charge is 0.316 e. The Kier molecular flexibility index (Phi) is 2.75. The van der Waals surface area contributed by atoms with Gasteiger partial charge in [0.1, 0.15) is 5.25 Å². The minimum atomic E-state index is -0.901. The topological polar surface area (TPSA) is 55.1 Å². The van der Waals surface area contributed by atoms with Crippen molar-refractivity contribution >= 4 is 18.6 Å². The van der Waals surface area contributed by atoms with Gasteiger partial charge in [-0.2, -0.15) is 17.7 Å². The Morgan fingerprint density at radius 1 is 1.92 bits per heavy atom. The summed E-state index contributed by atoms with van der Waals surface area (Å²) in [4.78, 5) is 10.4. The predicted octanol–water partition coefficient (Wildman–Crippen LogP) is 0.346. The molecule has 0 bridgehead atoms. The molecule has 1 aromatic rings. The quantitative estimate of drug-likeness (QED) is 0.669. The average Bonchev–Trinajstić information content (AvgIpc) is 2.35. The Morgan fingerprint density at radius 3 is 3.00 bits per heavy atom. The normalized spacial score (nSPS) is 12.8. The molecule has 0 aromatic carbocycles. The summed E-state index contributed by atoms with van der Waals surface area (Å²) >= 11 is 3.91. The molecular weight excluding hydrogens is 176 g/mol. The van der Waals surface area contributed by atoms with Crippen LogP contribution in [0.15, 0.2) is 12.4 Å². The number of rotatable bonds is 3. The maximum atomic E-state index is 10.4. The van der Waals surface area contributed by atoms with E-state index in [9.17, 15) is 4.79 Å². The molecule has 1 heterocycles. The largest absolute Gasteiger partial charge is 0.480 e. The molecule has 12 heavy (non-hydrogen) atoms. The van der Waals surface area contributed by atoms with Gasteiger partial charge in [0, 0.05) is 13.2 Å². The van der Waals surface area contributed by atoms with Gasteiger partial charge in [-0.05, 0) is 12.0 Å². The minimum absolute atomic E-state index is 0.409. The summed E-state index contributed by atoms with van der Waals surface area (Å²) in [5, 5.41) is 11.8. The fraction of sp³-hybridized carbons (Fsp3) is 0.429. The van der Waals surface area contributed by atoms with Gasteiger partial charge in [-0.25, -0.2) is 0 Å². The fourth-order valence-corrected chi connectivity index (χ4v) is 1.10. The first kappa shape index (κ1) is 9.12. The number of carboxylic acid groups (broad SMARTS) is 1. The summed E-state index contributed by atoms with van der Waals surface area (Å²) in [6.07, 6.45) is 3.84. The summed E-state index contributed by atoms with van der Waals surface area (Å²) in [6, 6.07) is 0. The molecule has 0 aliphatic rings. The predicted molar refractivity (Wildman–Crippen MR) is 47.3 cm³/mol. The number of aryl methyl sites for hydroxylation is 1. The van der Waals surface area contributed by atoms with E-state index in [1.807, 2.05) is 0 Å². The second kappa shape index (κ2) is 3.62. The number of carbonyl (C=O) groups is 1. The molecule has 0 saturated carbocycles. The maximum absolute atomic E-state index is 10.4. The molecule has 1 atom stereocenters. The van der Waals surface area contributed by atoms with Crippen LogP contribution < -0.4 is 0 Å². The highest BCUT2D eigenvalue weighted by Crippen LogP contribution is 2.06. The third-order valence-corrected chi connectivity index (χ3v) is 1.88. The highest BCUT2D eigenvalue weighted by molar-refractivity contribution is 7.81. The lowest BCUT2D eigenvalue weighted by atomic mass is 10.2. The van der Waals surface area contributed by atoms with Gasteiger partial charge < -0.3 is 5.11 Å². The summed E-state index contributed by atoms with van der Waals surface area (Å²) in [7, 11) is 1.79. The third-order valence-electron chi connectivity index (χ3n) is 1.47. The number of aromatic nitrogens is 2. The lowest BCUT2D eigenvalue weighted by Gasteiger charge is -2.00. The lowest BCUT2D eigenvalue weighted by molar-refractivity contribution is -0.136. The van der Waals surface area contributed by atoms with Crippen LogP contribution in [0.4, 0.5) is 0 Å². The Balaban J connectivity index is 2.58. The van der Waals surface area contributed by atoms with Crippen LogP contribution >= 0.6 is 12.6 Å². The molecule has 0 saturated heterocycles. The van der Waals surface area contributed by atoms with Crippen LogP contribution in [0.25, 0.3) is 0 Å². The van der Waals surface area contributed by atoms with Crippen molar-refractivity contribution in [3.05, 3.63) is 18.0 Å². The van der Waals surface area contributed by atoms with Crippen LogP contribution in [0.5, 0.6) is 0 Å². The molecule has 1 unspecified atom stereocenters. The first-order valence-corrected chi connectivity index (χ1v) is 3.99. The van der Waals surface area contributed by atoms with Gasteiger partial charge >= 0.3 is 5.97 Å². The van der Waals surface area contributed by atoms with E-state index in [1.54, 1.807) is 24.1 Å². The van der Waals surface area contributed by atoms with Crippen molar-refractivity contribution in [2.24, 2.45) is 7.05 Å². The molecule has 0 amide bonds. The van der Waals surface area contributed by atoms with Crippen LogP contribution in [-0.4, -0.2) is 26.1 Å². The van der Waals surface area contributed by atoms with Crippen molar-refractivity contribution in [2.45, 2.75) is 11.7 Å². The average molecular weight is 186 g/mol. The molecular formula is C7H10N2O2S. The number of hydrogen-bond acceptors (Lipinski definition) is 3. The SMILES string of the molecule is Cn1cc(CC(S)C(=O)O)cn1. The minimum Gasteiger partial charge on any atom is -0.480 e. The van der Waals surface area contributed by atoms with E-state index in [0.29, 0.717) is 6.42 Å². The first-order chi connectivity index (χ1) is 5.59. The highest BCUT2D eigenvalue weighted by Gasteiger charge is 2.12. The number of nitrogens with zero attached hydrogens (tertiary/aromatic N) is 2. The van der Waals surface area contributed by atoms with Gasteiger partial charge in [-0.3, -0.25) is 9.48 Å². The molecule has 0 aliphatic carbocycles. The summed E-state index contributed by atoms with van der Waals surface area (Å²) in [5.74, 6) is -0.901. The molecule has 0 radical (unpaired) electrons. The van der Waals surface area contributed by atoms with E-state index in [-0.39, 0.29) is 0 Å². The molecule has 4 nitrogen and oxygen atoms in total. The van der Waals surface area contributed by atoms with E-state index in [0.717, 1.165) is 5.56 Å². The van der Waals surface area contributed by atoms with Crippen molar-refractivity contribution in [1.29, 1.82) is 0 Å². The van der Waals surface area contributed by atoms with E-state index in [4.69, 9.17) is 5.11 Å². The molecule has 0 spiro atoms. The maximum Gasteiger partial charge on any atom is 0.316 e. The van der Waals surface area contributed by atoms with E-state index >= 15 is 0 Å². The third kappa shape index (κ3) is 2.27. The van der Waals surface area contributed by atoms with E-state index in [1.165, 1.54) is 0 Å². The van der Waals surface area contributed by atoms with Crippen LogP contribution in [-0.2, 0) is 18.3 Å². The zero-order chi connectivity index (χ0) is 9.14. The van der Waals surface area contributed by atoms with Gasteiger partial charge in [0.2, 0.25) is 0 Å². The molecule has 5 heteroatoms. The molecule has 1 aromatic heterocycles. The molecule has 0 fully saturated rings. The van der Waals surface area contributed by atoms with Gasteiger partial charge in [0.15, 0.2) is 0 Å². The number of carboxylic acids is 1. The van der Waals surface area contributed by atoms with Crippen LogP contribution in [0.1, 0.15) is 5.56 Å². The second-order valence-electron chi connectivity index (χ2n) is 2.58. The van der Waals surface area contributed by atoms with Gasteiger partial charge in [0.25, 0.3) is 0 Å². The zero-order valence-corrected chi connectivity index (χ0v) is 7.53. The Labute approximate surface area is 75.6 Å². The molecule has 1 N–H and O–H groups in total. The van der Waals surface area contributed by atoms with E-state index in [2.05, 4.69) is 17.7 Å². The summed E-state index contributed by atoms with van der Waals surface area (Å²) < 4.78 is 1.64. The fourth-order valence-electron chi connectivity index (χ4n) is 0.888. The van der Waals surface area contributed by atoms with Crippen LogP contribution in [0.3, 0.4) is 0 Å². The van der Waals surface area contributed by atoms with Crippen molar-refractivity contribution in [3.8, 4) is 0 Å². The van der Waals surface area contributed by atoms with Crippen molar-refractivity contribution in [1.82, 2.24) is 9.78 Å². The highest BCUT2D eigenvalue weighted by atomic mass is 32.1. The van der Waals surface area contributed by atoms with E-state index < -0.39 is 11.2 Å². The van der Waals surface area contributed by atoms with Crippen LogP contribution in [0, 0.1) is 0 Å². The van der Waals surface area contributed by atoms with Crippen molar-refractivity contribution < 1.29 is 9.90 Å². The Hall–Kier alpha value is -0.970. The summed E-state index contributed by atoms with van der Waals surface area (Å²) in [5.41, 5.74) is 0.889. The van der Waals surface area contributed by atoms with Gasteiger partial charge in [0.05, 0.1) is 6.20 Å². The molecule has 1 rings (SSSR count). The van der Waals surface area contributed by atoms with Crippen LogP contribution in [0.2, 0.25) is 0 Å². The monoisotopic (exact) mass is 186 g/mol. The molecule has 0 aliphatic heterocycles. The second-order valence-corrected chi connectivity index (χ2v) is 3.20. The first-order valence-electron chi connectivity index (χ1n) is 3.48. The Morgan fingerprint density at radius 2 is 2.58 bits per heavy atom. The lowest BCUT2D eigenvalue weighted by Crippen LogP contribution is -2.15.